The molecule has 1 aromatic carbocycles. The summed E-state index contributed by atoms with van der Waals surface area (Å²) in [5.41, 5.74) is 2.31. The molecule has 0 unspecified atom stereocenters. The maximum absolute atomic E-state index is 9.71. The Morgan fingerprint density at radius 1 is 1.33 bits per heavy atom. The smallest absolute Gasteiger partial charge is 0.0741 e. The van der Waals surface area contributed by atoms with Gasteiger partial charge in [0.15, 0.2) is 0 Å². The summed E-state index contributed by atoms with van der Waals surface area (Å²) in [4.78, 5) is 0. The van der Waals surface area contributed by atoms with Crippen LogP contribution in [-0.4, -0.2) is 17.3 Å². The lowest BCUT2D eigenvalue weighted by atomic mass is 10.1. The molecular formula is C12H16BrNO. The van der Waals surface area contributed by atoms with Crippen LogP contribution in [0.1, 0.15) is 24.8 Å². The van der Waals surface area contributed by atoms with Crippen LogP contribution in [0.25, 0.3) is 0 Å². The third kappa shape index (κ3) is 2.73. The number of hydrogen-bond acceptors (Lipinski definition) is 2. The van der Waals surface area contributed by atoms with Gasteiger partial charge in [-0.05, 0) is 49.9 Å². The van der Waals surface area contributed by atoms with Crippen molar-refractivity contribution < 1.29 is 5.11 Å². The largest absolute Gasteiger partial charge is 0.391 e. The van der Waals surface area contributed by atoms with Gasteiger partial charge < -0.3 is 10.4 Å². The van der Waals surface area contributed by atoms with Crippen LogP contribution < -0.4 is 5.32 Å². The van der Waals surface area contributed by atoms with Crippen LogP contribution in [0.4, 0.5) is 5.69 Å². The minimum absolute atomic E-state index is 0.190. The average molecular weight is 270 g/mol. The van der Waals surface area contributed by atoms with Gasteiger partial charge in [0.25, 0.3) is 0 Å². The quantitative estimate of drug-likeness (QED) is 0.865. The number of aliphatic hydroxyl groups is 1. The van der Waals surface area contributed by atoms with E-state index in [0.29, 0.717) is 0 Å². The maximum Gasteiger partial charge on any atom is 0.0741 e. The second kappa shape index (κ2) is 4.54. The first kappa shape index (κ1) is 11.0. The molecule has 2 N–H and O–H groups in total. The predicted molar refractivity (Wildman–Crippen MR) is 66.1 cm³/mol. The first-order valence-corrected chi connectivity index (χ1v) is 6.16. The molecule has 0 radical (unpaired) electrons. The fourth-order valence-corrected chi connectivity index (χ4v) is 2.75. The highest BCUT2D eigenvalue weighted by molar-refractivity contribution is 9.10. The third-order valence-electron chi connectivity index (χ3n) is 2.87. The van der Waals surface area contributed by atoms with Gasteiger partial charge >= 0.3 is 0 Å². The number of benzene rings is 1. The monoisotopic (exact) mass is 269 g/mol. The summed E-state index contributed by atoms with van der Waals surface area (Å²) in [6, 6.07) is 6.46. The lowest BCUT2D eigenvalue weighted by Gasteiger charge is -2.18. The van der Waals surface area contributed by atoms with Gasteiger partial charge in [0.1, 0.15) is 0 Å². The molecule has 0 aromatic heterocycles. The fraction of sp³-hybridized carbons (Fsp3) is 0.500. The van der Waals surface area contributed by atoms with Crippen molar-refractivity contribution in [2.75, 3.05) is 5.32 Å². The molecule has 15 heavy (non-hydrogen) atoms. The third-order valence-corrected chi connectivity index (χ3v) is 3.33. The normalized spacial score (nSPS) is 25.5. The molecule has 1 aliphatic carbocycles. The van der Waals surface area contributed by atoms with Crippen molar-refractivity contribution >= 4 is 21.6 Å². The molecule has 2 rings (SSSR count). The highest BCUT2D eigenvalue weighted by atomic mass is 79.9. The molecule has 2 nitrogen and oxygen atoms in total. The molecule has 0 spiro atoms. The summed E-state index contributed by atoms with van der Waals surface area (Å²) in [6.45, 7) is 2.07. The van der Waals surface area contributed by atoms with E-state index in [-0.39, 0.29) is 12.1 Å². The Labute approximate surface area is 98.8 Å². The highest BCUT2D eigenvalue weighted by Gasteiger charge is 2.24. The Morgan fingerprint density at radius 3 is 2.73 bits per heavy atom. The minimum Gasteiger partial charge on any atom is -0.391 e. The Morgan fingerprint density at radius 2 is 2.13 bits per heavy atom. The zero-order valence-corrected chi connectivity index (χ0v) is 10.4. The van der Waals surface area contributed by atoms with Crippen LogP contribution >= 0.6 is 15.9 Å². The van der Waals surface area contributed by atoms with E-state index in [1.807, 2.05) is 0 Å². The van der Waals surface area contributed by atoms with Crippen LogP contribution in [-0.2, 0) is 0 Å². The molecule has 0 heterocycles. The van der Waals surface area contributed by atoms with Gasteiger partial charge in [-0.3, -0.25) is 0 Å². The van der Waals surface area contributed by atoms with E-state index in [0.717, 1.165) is 29.4 Å². The molecule has 1 saturated carbocycles. The Kier molecular flexibility index (Phi) is 3.32. The zero-order chi connectivity index (χ0) is 10.8. The molecular weight excluding hydrogens is 254 g/mol. The van der Waals surface area contributed by atoms with Crippen molar-refractivity contribution in [3.8, 4) is 0 Å². The van der Waals surface area contributed by atoms with E-state index in [9.17, 15) is 5.11 Å². The Bertz CT molecular complexity index is 333. The van der Waals surface area contributed by atoms with Crippen LogP contribution in [0.15, 0.2) is 22.7 Å². The van der Waals surface area contributed by atoms with Crippen molar-refractivity contribution in [3.05, 3.63) is 28.2 Å². The molecule has 1 aromatic rings. The lowest BCUT2D eigenvalue weighted by Crippen LogP contribution is -2.27. The lowest BCUT2D eigenvalue weighted by molar-refractivity contribution is 0.172. The predicted octanol–water partition coefficient (Wildman–Crippen LogP) is 3.08. The number of anilines is 1. The molecule has 1 fully saturated rings. The maximum atomic E-state index is 9.71. The second-order valence-corrected chi connectivity index (χ2v) is 5.18. The van der Waals surface area contributed by atoms with Gasteiger partial charge in [-0.1, -0.05) is 15.9 Å². The summed E-state index contributed by atoms with van der Waals surface area (Å²) in [7, 11) is 0. The fourth-order valence-electron chi connectivity index (χ4n) is 2.14. The van der Waals surface area contributed by atoms with Crippen molar-refractivity contribution in [1.82, 2.24) is 0 Å². The van der Waals surface area contributed by atoms with E-state index < -0.39 is 0 Å². The molecule has 3 heteroatoms. The van der Waals surface area contributed by atoms with Gasteiger partial charge in [0.2, 0.25) is 0 Å². The Hall–Kier alpha value is -0.540. The van der Waals surface area contributed by atoms with Crippen LogP contribution in [0.2, 0.25) is 0 Å². The summed E-state index contributed by atoms with van der Waals surface area (Å²) in [5, 5.41) is 13.1. The average Bonchev–Trinajstić information content (AvgIpc) is 2.50. The van der Waals surface area contributed by atoms with Gasteiger partial charge in [0.05, 0.1) is 12.1 Å². The molecule has 82 valence electrons. The molecule has 0 bridgehead atoms. The van der Waals surface area contributed by atoms with E-state index in [1.54, 1.807) is 0 Å². The standard InChI is InChI=1S/C12H16BrNO/c1-8-5-9(13)7-10(6-8)14-11-3-2-4-12(11)15/h5-7,11-12,14-15H,2-4H2,1H3/t11-,12-/m0/s1. The van der Waals surface area contributed by atoms with Gasteiger partial charge in [-0.2, -0.15) is 0 Å². The van der Waals surface area contributed by atoms with E-state index in [4.69, 9.17) is 0 Å². The number of nitrogens with one attached hydrogen (secondary N) is 1. The summed E-state index contributed by atoms with van der Waals surface area (Å²) in [6.07, 6.45) is 2.91. The van der Waals surface area contributed by atoms with E-state index >= 15 is 0 Å². The first-order chi connectivity index (χ1) is 7.15. The SMILES string of the molecule is Cc1cc(Br)cc(N[C@H]2CCC[C@@H]2O)c1. The molecule has 0 amide bonds. The van der Waals surface area contributed by atoms with Crippen LogP contribution in [0.3, 0.4) is 0 Å². The van der Waals surface area contributed by atoms with Gasteiger partial charge in [-0.25, -0.2) is 0 Å². The van der Waals surface area contributed by atoms with Crippen molar-refractivity contribution in [2.24, 2.45) is 0 Å². The number of rotatable bonds is 2. The van der Waals surface area contributed by atoms with Gasteiger partial charge in [-0.15, -0.1) is 0 Å². The first-order valence-electron chi connectivity index (χ1n) is 5.37. The second-order valence-electron chi connectivity index (χ2n) is 4.27. The number of aryl methyl sites for hydroxylation is 1. The van der Waals surface area contributed by atoms with Gasteiger partial charge in [0, 0.05) is 10.2 Å². The van der Waals surface area contributed by atoms with Crippen molar-refractivity contribution in [1.29, 1.82) is 0 Å². The zero-order valence-electron chi connectivity index (χ0n) is 8.83. The van der Waals surface area contributed by atoms with Crippen molar-refractivity contribution in [3.63, 3.8) is 0 Å². The molecule has 1 aliphatic rings. The molecule has 0 aliphatic heterocycles. The number of halogens is 1. The van der Waals surface area contributed by atoms with Crippen LogP contribution in [0.5, 0.6) is 0 Å². The van der Waals surface area contributed by atoms with E-state index in [1.165, 1.54) is 5.56 Å². The number of hydrogen-bond donors (Lipinski definition) is 2. The topological polar surface area (TPSA) is 32.3 Å². The summed E-state index contributed by atoms with van der Waals surface area (Å²) >= 11 is 3.47. The van der Waals surface area contributed by atoms with Crippen LogP contribution in [0, 0.1) is 6.92 Å². The summed E-state index contributed by atoms with van der Waals surface area (Å²) < 4.78 is 1.08. The molecule has 0 saturated heterocycles. The van der Waals surface area contributed by atoms with E-state index in [2.05, 4.69) is 46.4 Å². The summed E-state index contributed by atoms with van der Waals surface area (Å²) in [5.74, 6) is 0. The Balaban J connectivity index is 2.10. The van der Waals surface area contributed by atoms with Crippen molar-refractivity contribution in [2.45, 2.75) is 38.3 Å². The highest BCUT2D eigenvalue weighted by Crippen LogP contribution is 2.25. The molecule has 2 atom stereocenters. The number of aliphatic hydroxyl groups excluding tert-OH is 1. The minimum atomic E-state index is -0.190.